The Labute approximate surface area is 67.5 Å². The monoisotopic (exact) mass is 159 g/mol. The van der Waals surface area contributed by atoms with Gasteiger partial charge in [0, 0.05) is 6.54 Å². The van der Waals surface area contributed by atoms with Gasteiger partial charge in [-0.1, -0.05) is 6.92 Å². The van der Waals surface area contributed by atoms with E-state index in [0.29, 0.717) is 19.0 Å². The number of carbonyl (C=O) groups excluding carboxylic acids is 1. The van der Waals surface area contributed by atoms with Crippen LogP contribution in [0.2, 0.25) is 0 Å². The lowest BCUT2D eigenvalue weighted by atomic mass is 10.2. The maximum atomic E-state index is 10.4. The van der Waals surface area contributed by atoms with Crippen LogP contribution in [0.1, 0.15) is 6.92 Å². The molecule has 1 amide bonds. The molecule has 0 spiro atoms. The van der Waals surface area contributed by atoms with Gasteiger partial charge in [0.1, 0.15) is 0 Å². The Morgan fingerprint density at radius 1 is 1.64 bits per heavy atom. The van der Waals surface area contributed by atoms with E-state index in [1.54, 1.807) is 0 Å². The van der Waals surface area contributed by atoms with E-state index in [-0.39, 0.29) is 5.91 Å². The molecule has 0 aromatic carbocycles. The molecule has 0 saturated carbocycles. The van der Waals surface area contributed by atoms with Gasteiger partial charge in [-0.15, -0.1) is 0 Å². The molecular formula is C7H17N3O. The lowest BCUT2D eigenvalue weighted by Crippen LogP contribution is -2.35. The Kier molecular flexibility index (Phi) is 4.81. The van der Waals surface area contributed by atoms with E-state index in [2.05, 4.69) is 0 Å². The van der Waals surface area contributed by atoms with Gasteiger partial charge in [-0.05, 0) is 19.5 Å². The SMILES string of the molecule is CC(CN)CN(C)CC(N)=O. The number of carbonyl (C=O) groups is 1. The van der Waals surface area contributed by atoms with Gasteiger partial charge in [0.25, 0.3) is 0 Å². The minimum absolute atomic E-state index is 0.295. The summed E-state index contributed by atoms with van der Waals surface area (Å²) in [6.45, 7) is 3.81. The maximum Gasteiger partial charge on any atom is 0.231 e. The predicted octanol–water partition coefficient (Wildman–Crippen LogP) is -1.00. The molecule has 0 bridgehead atoms. The fourth-order valence-corrected chi connectivity index (χ4v) is 0.937. The standard InChI is InChI=1S/C7H17N3O/c1-6(3-8)4-10(2)5-7(9)11/h6H,3-5,8H2,1-2H3,(H2,9,11). The van der Waals surface area contributed by atoms with Crippen molar-refractivity contribution in [3.63, 3.8) is 0 Å². The molecule has 0 aromatic rings. The molecule has 0 rings (SSSR count). The first-order valence-electron chi connectivity index (χ1n) is 3.73. The summed E-state index contributed by atoms with van der Waals surface area (Å²) in [7, 11) is 1.86. The Balaban J connectivity index is 3.51. The average molecular weight is 159 g/mol. The smallest absolute Gasteiger partial charge is 0.231 e. The molecule has 0 heterocycles. The summed E-state index contributed by atoms with van der Waals surface area (Å²) in [5.74, 6) is 0.121. The minimum atomic E-state index is -0.295. The normalized spacial score (nSPS) is 13.5. The van der Waals surface area contributed by atoms with Crippen molar-refractivity contribution < 1.29 is 4.79 Å². The zero-order chi connectivity index (χ0) is 8.85. The Morgan fingerprint density at radius 2 is 2.18 bits per heavy atom. The molecule has 1 atom stereocenters. The van der Waals surface area contributed by atoms with Crippen LogP contribution in [0.15, 0.2) is 0 Å². The van der Waals surface area contributed by atoms with Gasteiger partial charge in [-0.25, -0.2) is 0 Å². The van der Waals surface area contributed by atoms with Crippen LogP contribution < -0.4 is 11.5 Å². The topological polar surface area (TPSA) is 72.3 Å². The lowest BCUT2D eigenvalue weighted by molar-refractivity contribution is -0.118. The number of hydrogen-bond donors (Lipinski definition) is 2. The summed E-state index contributed by atoms with van der Waals surface area (Å²) in [4.78, 5) is 12.3. The Hall–Kier alpha value is -0.610. The van der Waals surface area contributed by atoms with Crippen LogP contribution in [0.5, 0.6) is 0 Å². The van der Waals surface area contributed by atoms with E-state index in [4.69, 9.17) is 11.5 Å². The summed E-state index contributed by atoms with van der Waals surface area (Å²) < 4.78 is 0. The van der Waals surface area contributed by atoms with Crippen molar-refractivity contribution in [3.8, 4) is 0 Å². The minimum Gasteiger partial charge on any atom is -0.369 e. The fourth-order valence-electron chi connectivity index (χ4n) is 0.937. The predicted molar refractivity (Wildman–Crippen MR) is 44.9 cm³/mol. The van der Waals surface area contributed by atoms with Crippen LogP contribution in [0.25, 0.3) is 0 Å². The van der Waals surface area contributed by atoms with Gasteiger partial charge in [0.05, 0.1) is 6.54 Å². The van der Waals surface area contributed by atoms with E-state index in [9.17, 15) is 4.79 Å². The van der Waals surface area contributed by atoms with E-state index >= 15 is 0 Å². The van der Waals surface area contributed by atoms with Crippen molar-refractivity contribution in [3.05, 3.63) is 0 Å². The Bertz CT molecular complexity index is 127. The molecule has 4 nitrogen and oxygen atoms in total. The first-order valence-corrected chi connectivity index (χ1v) is 3.73. The van der Waals surface area contributed by atoms with Crippen LogP contribution in [-0.4, -0.2) is 37.5 Å². The number of amides is 1. The molecule has 0 aliphatic rings. The summed E-state index contributed by atoms with van der Waals surface area (Å²) in [6.07, 6.45) is 0. The van der Waals surface area contributed by atoms with E-state index in [0.717, 1.165) is 6.54 Å². The first kappa shape index (κ1) is 10.4. The first-order chi connectivity index (χ1) is 5.06. The molecular weight excluding hydrogens is 142 g/mol. The number of nitrogens with zero attached hydrogens (tertiary/aromatic N) is 1. The van der Waals surface area contributed by atoms with Gasteiger partial charge < -0.3 is 11.5 Å². The second kappa shape index (κ2) is 5.09. The molecule has 66 valence electrons. The molecule has 0 aromatic heterocycles. The highest BCUT2D eigenvalue weighted by Crippen LogP contribution is 1.93. The number of nitrogens with two attached hydrogens (primary N) is 2. The van der Waals surface area contributed by atoms with Crippen LogP contribution in [-0.2, 0) is 4.79 Å². The molecule has 0 aliphatic carbocycles. The van der Waals surface area contributed by atoms with E-state index in [1.165, 1.54) is 0 Å². The van der Waals surface area contributed by atoms with Crippen molar-refractivity contribution in [1.82, 2.24) is 4.90 Å². The number of primary amides is 1. The zero-order valence-electron chi connectivity index (χ0n) is 7.21. The fraction of sp³-hybridized carbons (Fsp3) is 0.857. The average Bonchev–Trinajstić information content (AvgIpc) is 1.85. The highest BCUT2D eigenvalue weighted by Gasteiger charge is 2.05. The van der Waals surface area contributed by atoms with E-state index < -0.39 is 0 Å². The van der Waals surface area contributed by atoms with Gasteiger partial charge in [0.2, 0.25) is 5.91 Å². The van der Waals surface area contributed by atoms with Crippen molar-refractivity contribution >= 4 is 5.91 Å². The summed E-state index contributed by atoms with van der Waals surface area (Å²) in [5.41, 5.74) is 10.4. The summed E-state index contributed by atoms with van der Waals surface area (Å²) >= 11 is 0. The number of hydrogen-bond acceptors (Lipinski definition) is 3. The molecule has 0 aliphatic heterocycles. The van der Waals surface area contributed by atoms with Crippen LogP contribution in [0.4, 0.5) is 0 Å². The third-order valence-electron chi connectivity index (χ3n) is 1.45. The van der Waals surface area contributed by atoms with Crippen molar-refractivity contribution in [2.45, 2.75) is 6.92 Å². The van der Waals surface area contributed by atoms with Gasteiger partial charge in [-0.3, -0.25) is 9.69 Å². The molecule has 4 N–H and O–H groups in total. The zero-order valence-corrected chi connectivity index (χ0v) is 7.21. The maximum absolute atomic E-state index is 10.4. The Morgan fingerprint density at radius 3 is 2.55 bits per heavy atom. The molecule has 0 saturated heterocycles. The second-order valence-corrected chi connectivity index (χ2v) is 3.00. The molecule has 0 fully saturated rings. The highest BCUT2D eigenvalue weighted by atomic mass is 16.1. The largest absolute Gasteiger partial charge is 0.369 e. The summed E-state index contributed by atoms with van der Waals surface area (Å²) in [6, 6.07) is 0. The van der Waals surface area contributed by atoms with Gasteiger partial charge >= 0.3 is 0 Å². The lowest BCUT2D eigenvalue weighted by Gasteiger charge is -2.18. The van der Waals surface area contributed by atoms with E-state index in [1.807, 2.05) is 18.9 Å². The highest BCUT2D eigenvalue weighted by molar-refractivity contribution is 5.75. The van der Waals surface area contributed by atoms with Crippen LogP contribution in [0.3, 0.4) is 0 Å². The third-order valence-corrected chi connectivity index (χ3v) is 1.45. The quantitative estimate of drug-likeness (QED) is 0.540. The van der Waals surface area contributed by atoms with Crippen molar-refractivity contribution in [1.29, 1.82) is 0 Å². The molecule has 11 heavy (non-hydrogen) atoms. The third kappa shape index (κ3) is 5.82. The van der Waals surface area contributed by atoms with Crippen LogP contribution >= 0.6 is 0 Å². The second-order valence-electron chi connectivity index (χ2n) is 3.00. The summed E-state index contributed by atoms with van der Waals surface area (Å²) in [5, 5.41) is 0. The molecule has 0 radical (unpaired) electrons. The molecule has 4 heteroatoms. The van der Waals surface area contributed by atoms with Crippen molar-refractivity contribution in [2.24, 2.45) is 17.4 Å². The van der Waals surface area contributed by atoms with Crippen LogP contribution in [0, 0.1) is 5.92 Å². The number of rotatable bonds is 5. The number of likely N-dealkylation sites (N-methyl/N-ethyl adjacent to an activating group) is 1. The van der Waals surface area contributed by atoms with Gasteiger partial charge in [-0.2, -0.15) is 0 Å². The van der Waals surface area contributed by atoms with Crippen molar-refractivity contribution in [2.75, 3.05) is 26.7 Å². The molecule has 1 unspecified atom stereocenters. The van der Waals surface area contributed by atoms with Gasteiger partial charge in [0.15, 0.2) is 0 Å².